The van der Waals surface area contributed by atoms with Crippen molar-refractivity contribution in [3.05, 3.63) is 46.9 Å². The van der Waals surface area contributed by atoms with Gasteiger partial charge in [0.25, 0.3) is 0 Å². The molecule has 0 amide bonds. The van der Waals surface area contributed by atoms with Crippen LogP contribution >= 0.6 is 15.9 Å². The molecule has 1 aromatic carbocycles. The van der Waals surface area contributed by atoms with Crippen molar-refractivity contribution in [3.8, 4) is 0 Å². The number of benzene rings is 1. The van der Waals surface area contributed by atoms with E-state index >= 15 is 0 Å². The van der Waals surface area contributed by atoms with Crippen molar-refractivity contribution >= 4 is 36.5 Å². The predicted molar refractivity (Wildman–Crippen MR) is 66.8 cm³/mol. The summed E-state index contributed by atoms with van der Waals surface area (Å²) in [4.78, 5) is 3.91. The third-order valence-electron chi connectivity index (χ3n) is 2.21. The smallest absolute Gasteiger partial charge is 0.217 e. The Morgan fingerprint density at radius 1 is 1.25 bits per heavy atom. The zero-order valence-electron chi connectivity index (χ0n) is 8.22. The van der Waals surface area contributed by atoms with E-state index in [1.54, 1.807) is 18.2 Å². The first-order valence-corrected chi connectivity index (χ1v) is 6.81. The molecule has 2 rings (SSSR count). The molecule has 1 aromatic heterocycles. The van der Waals surface area contributed by atoms with Gasteiger partial charge in [-0.1, -0.05) is 34.6 Å². The molecule has 0 saturated carbocycles. The second kappa shape index (κ2) is 3.99. The van der Waals surface area contributed by atoms with Crippen molar-refractivity contribution < 1.29 is 8.42 Å². The van der Waals surface area contributed by atoms with Gasteiger partial charge in [-0.25, -0.2) is 13.4 Å². The lowest BCUT2D eigenvalue weighted by atomic mass is 10.2. The van der Waals surface area contributed by atoms with Crippen molar-refractivity contribution in [2.45, 2.75) is 5.03 Å². The van der Waals surface area contributed by atoms with Crippen LogP contribution in [0.2, 0.25) is 0 Å². The molecule has 0 spiro atoms. The lowest BCUT2D eigenvalue weighted by Gasteiger charge is -2.04. The number of rotatable bonds is 2. The lowest BCUT2D eigenvalue weighted by Crippen LogP contribution is -2.00. The van der Waals surface area contributed by atoms with Crippen LogP contribution in [0.3, 0.4) is 0 Å². The molecule has 0 fully saturated rings. The van der Waals surface area contributed by atoms with Crippen LogP contribution in [-0.2, 0) is 9.84 Å². The third-order valence-corrected chi connectivity index (χ3v) is 4.20. The minimum Gasteiger partial charge on any atom is -0.244 e. The fourth-order valence-electron chi connectivity index (χ4n) is 1.45. The first-order valence-electron chi connectivity index (χ1n) is 4.47. The van der Waals surface area contributed by atoms with Crippen LogP contribution in [0.5, 0.6) is 0 Å². The number of hydrogen-bond donors (Lipinski definition) is 0. The molecule has 2 aromatic rings. The molecule has 5 heteroatoms. The van der Waals surface area contributed by atoms with Crippen molar-refractivity contribution in [1.29, 1.82) is 0 Å². The van der Waals surface area contributed by atoms with Gasteiger partial charge in [-0.2, -0.15) is 0 Å². The molecule has 0 aliphatic carbocycles. The zero-order chi connectivity index (χ0) is 11.8. The number of hydrogen-bond acceptors (Lipinski definition) is 3. The highest BCUT2D eigenvalue weighted by Crippen LogP contribution is 2.27. The van der Waals surface area contributed by atoms with Gasteiger partial charge in [-0.05, 0) is 12.1 Å². The second-order valence-electron chi connectivity index (χ2n) is 3.16. The molecule has 0 unspecified atom stereocenters. The largest absolute Gasteiger partial charge is 0.244 e. The first-order chi connectivity index (χ1) is 7.56. The molecule has 0 radical (unpaired) electrons. The Labute approximate surface area is 102 Å². The molecule has 82 valence electrons. The van der Waals surface area contributed by atoms with Crippen LogP contribution in [0.25, 0.3) is 10.8 Å². The van der Waals surface area contributed by atoms with Crippen molar-refractivity contribution in [2.24, 2.45) is 0 Å². The molecule has 16 heavy (non-hydrogen) atoms. The average molecular weight is 298 g/mol. The molecule has 3 nitrogen and oxygen atoms in total. The van der Waals surface area contributed by atoms with Gasteiger partial charge in [0, 0.05) is 26.9 Å². The van der Waals surface area contributed by atoms with E-state index in [4.69, 9.17) is 0 Å². The lowest BCUT2D eigenvalue weighted by molar-refractivity contribution is 0.602. The van der Waals surface area contributed by atoms with E-state index in [9.17, 15) is 8.42 Å². The molecule has 0 atom stereocenters. The standard InChI is InChI=1S/C11H8BrNO2S/c1-2-16(14,15)11-9-4-3-5-10(12)8(9)6-7-13-11/h2-7H,1H2. The summed E-state index contributed by atoms with van der Waals surface area (Å²) in [5.41, 5.74) is 0. The topological polar surface area (TPSA) is 47.0 Å². The Kier molecular flexibility index (Phi) is 2.82. The van der Waals surface area contributed by atoms with E-state index in [0.717, 1.165) is 15.3 Å². The van der Waals surface area contributed by atoms with Gasteiger partial charge in [0.05, 0.1) is 0 Å². The number of aromatic nitrogens is 1. The summed E-state index contributed by atoms with van der Waals surface area (Å²) in [6, 6.07) is 7.12. The summed E-state index contributed by atoms with van der Waals surface area (Å²) in [6.07, 6.45) is 1.48. The third kappa shape index (κ3) is 1.76. The maximum absolute atomic E-state index is 11.7. The fraction of sp³-hybridized carbons (Fsp3) is 0. The Bertz CT molecular complexity index is 665. The van der Waals surface area contributed by atoms with E-state index in [1.807, 2.05) is 6.07 Å². The number of nitrogens with zero attached hydrogens (tertiary/aromatic N) is 1. The molecule has 0 aliphatic heterocycles. The van der Waals surface area contributed by atoms with E-state index in [1.165, 1.54) is 6.20 Å². The summed E-state index contributed by atoms with van der Waals surface area (Å²) in [6.45, 7) is 3.30. The van der Waals surface area contributed by atoms with Gasteiger partial charge in [0.1, 0.15) is 0 Å². The maximum atomic E-state index is 11.7. The SMILES string of the molecule is C=CS(=O)(=O)c1nccc2c(Br)cccc12. The van der Waals surface area contributed by atoms with Gasteiger partial charge in [0.15, 0.2) is 5.03 Å². The Hall–Kier alpha value is -1.20. The molecule has 0 bridgehead atoms. The van der Waals surface area contributed by atoms with E-state index in [0.29, 0.717) is 5.39 Å². The Morgan fingerprint density at radius 2 is 2.00 bits per heavy atom. The number of fused-ring (bicyclic) bond motifs is 1. The van der Waals surface area contributed by atoms with Crippen LogP contribution < -0.4 is 0 Å². The van der Waals surface area contributed by atoms with Gasteiger partial charge >= 0.3 is 0 Å². The molecule has 0 saturated heterocycles. The van der Waals surface area contributed by atoms with Crippen molar-refractivity contribution in [1.82, 2.24) is 4.98 Å². The first kappa shape index (κ1) is 11.3. The minimum absolute atomic E-state index is 0.0429. The number of pyridine rings is 1. The average Bonchev–Trinajstić information content (AvgIpc) is 2.29. The van der Waals surface area contributed by atoms with Crippen LogP contribution in [0.4, 0.5) is 0 Å². The fourth-order valence-corrected chi connectivity index (χ4v) is 2.80. The Balaban J connectivity index is 2.93. The Morgan fingerprint density at radius 3 is 2.69 bits per heavy atom. The molecule has 0 N–H and O–H groups in total. The number of sulfone groups is 1. The second-order valence-corrected chi connectivity index (χ2v) is 5.83. The van der Waals surface area contributed by atoms with Crippen molar-refractivity contribution in [3.63, 3.8) is 0 Å². The summed E-state index contributed by atoms with van der Waals surface area (Å²) < 4.78 is 24.3. The van der Waals surface area contributed by atoms with Gasteiger partial charge in [0.2, 0.25) is 9.84 Å². The quantitative estimate of drug-likeness (QED) is 0.856. The summed E-state index contributed by atoms with van der Waals surface area (Å²) in [5.74, 6) is 0. The molecule has 1 heterocycles. The van der Waals surface area contributed by atoms with Crippen LogP contribution in [0.15, 0.2) is 51.9 Å². The molecule has 0 aliphatic rings. The van der Waals surface area contributed by atoms with E-state index in [2.05, 4.69) is 27.5 Å². The summed E-state index contributed by atoms with van der Waals surface area (Å²) in [5, 5.41) is 2.37. The van der Waals surface area contributed by atoms with Crippen molar-refractivity contribution in [2.75, 3.05) is 0 Å². The maximum Gasteiger partial charge on any atom is 0.217 e. The summed E-state index contributed by atoms with van der Waals surface area (Å²) >= 11 is 3.37. The molecular formula is C11H8BrNO2S. The highest BCUT2D eigenvalue weighted by Gasteiger charge is 2.15. The highest BCUT2D eigenvalue weighted by molar-refractivity contribution is 9.10. The minimum atomic E-state index is -3.51. The molecular weight excluding hydrogens is 290 g/mol. The monoisotopic (exact) mass is 297 g/mol. The van der Waals surface area contributed by atoms with Crippen LogP contribution in [-0.4, -0.2) is 13.4 Å². The van der Waals surface area contributed by atoms with E-state index in [-0.39, 0.29) is 5.03 Å². The van der Waals surface area contributed by atoms with Gasteiger partial charge < -0.3 is 0 Å². The van der Waals surface area contributed by atoms with E-state index < -0.39 is 9.84 Å². The van der Waals surface area contributed by atoms with Crippen LogP contribution in [0, 0.1) is 0 Å². The highest BCUT2D eigenvalue weighted by atomic mass is 79.9. The summed E-state index contributed by atoms with van der Waals surface area (Å²) in [7, 11) is -3.51. The van der Waals surface area contributed by atoms with Crippen LogP contribution in [0.1, 0.15) is 0 Å². The zero-order valence-corrected chi connectivity index (χ0v) is 10.6. The normalized spacial score (nSPS) is 11.6. The number of halogens is 1. The predicted octanol–water partition coefficient (Wildman–Crippen LogP) is 2.91. The van der Waals surface area contributed by atoms with Gasteiger partial charge in [-0.15, -0.1) is 0 Å². The van der Waals surface area contributed by atoms with Gasteiger partial charge in [-0.3, -0.25) is 0 Å².